The van der Waals surface area contributed by atoms with Crippen molar-refractivity contribution < 1.29 is 13.9 Å². The molecule has 1 amide bonds. The van der Waals surface area contributed by atoms with Gasteiger partial charge in [0.05, 0.1) is 13.2 Å². The van der Waals surface area contributed by atoms with Gasteiger partial charge in [-0.3, -0.25) is 9.78 Å². The average molecular weight is 296 g/mol. The van der Waals surface area contributed by atoms with Gasteiger partial charge in [-0.15, -0.1) is 0 Å². The highest BCUT2D eigenvalue weighted by Crippen LogP contribution is 2.30. The Morgan fingerprint density at radius 1 is 1.27 bits per heavy atom. The molecule has 5 nitrogen and oxygen atoms in total. The molecule has 2 aromatic heterocycles. The molecule has 5 heteroatoms. The molecule has 3 rings (SSSR count). The van der Waals surface area contributed by atoms with Gasteiger partial charge < -0.3 is 14.5 Å². The highest BCUT2D eigenvalue weighted by Gasteiger charge is 2.16. The fourth-order valence-corrected chi connectivity index (χ4v) is 2.28. The van der Waals surface area contributed by atoms with Gasteiger partial charge in [0, 0.05) is 23.3 Å². The Hall–Kier alpha value is -2.82. The highest BCUT2D eigenvalue weighted by molar-refractivity contribution is 5.94. The van der Waals surface area contributed by atoms with Gasteiger partial charge in [-0.2, -0.15) is 0 Å². The van der Waals surface area contributed by atoms with E-state index in [0.717, 1.165) is 5.39 Å². The van der Waals surface area contributed by atoms with Crippen molar-refractivity contribution >= 4 is 16.9 Å². The molecule has 0 aliphatic carbocycles. The molecule has 112 valence electrons. The molecule has 0 unspecified atom stereocenters. The van der Waals surface area contributed by atoms with Gasteiger partial charge in [0.15, 0.2) is 11.3 Å². The second kappa shape index (κ2) is 5.89. The minimum atomic E-state index is -0.252. The summed E-state index contributed by atoms with van der Waals surface area (Å²) in [6.45, 7) is 1.88. The van der Waals surface area contributed by atoms with Gasteiger partial charge in [-0.25, -0.2) is 0 Å². The number of pyridine rings is 1. The Morgan fingerprint density at radius 2 is 2.05 bits per heavy atom. The summed E-state index contributed by atoms with van der Waals surface area (Å²) in [4.78, 5) is 16.1. The summed E-state index contributed by atoms with van der Waals surface area (Å²) >= 11 is 0. The maximum atomic E-state index is 12.2. The van der Waals surface area contributed by atoms with Crippen molar-refractivity contribution in [3.8, 4) is 5.75 Å². The number of carbonyl (C=O) groups is 1. The van der Waals surface area contributed by atoms with Crippen molar-refractivity contribution in [2.45, 2.75) is 13.0 Å². The molecule has 2 heterocycles. The van der Waals surface area contributed by atoms with E-state index in [-0.39, 0.29) is 11.9 Å². The van der Waals surface area contributed by atoms with E-state index in [4.69, 9.17) is 9.15 Å². The normalized spacial score (nSPS) is 12.1. The number of fused-ring (bicyclic) bond motifs is 1. The molecule has 0 spiro atoms. The number of benzene rings is 1. The van der Waals surface area contributed by atoms with Gasteiger partial charge >= 0.3 is 0 Å². The number of hydrogen-bond acceptors (Lipinski definition) is 4. The first kappa shape index (κ1) is 14.1. The van der Waals surface area contributed by atoms with Crippen molar-refractivity contribution in [3.63, 3.8) is 0 Å². The SMILES string of the molecule is COc1cccc2cc([C@H](C)NC(=O)c3ccncc3)oc12. The number of methoxy groups -OCH3 is 1. The molecular formula is C17H16N2O3. The summed E-state index contributed by atoms with van der Waals surface area (Å²) in [5.74, 6) is 1.20. The number of furan rings is 1. The van der Waals surface area contributed by atoms with E-state index in [9.17, 15) is 4.79 Å². The van der Waals surface area contributed by atoms with E-state index in [1.165, 1.54) is 0 Å². The quantitative estimate of drug-likeness (QED) is 0.802. The van der Waals surface area contributed by atoms with Crippen LogP contribution in [0.2, 0.25) is 0 Å². The Bertz CT molecular complexity index is 796. The van der Waals surface area contributed by atoms with E-state index in [1.54, 1.807) is 31.6 Å². The van der Waals surface area contributed by atoms with Crippen LogP contribution in [0.15, 0.2) is 53.2 Å². The minimum Gasteiger partial charge on any atom is -0.493 e. The molecule has 1 atom stereocenters. The lowest BCUT2D eigenvalue weighted by atomic mass is 10.2. The first-order valence-corrected chi connectivity index (χ1v) is 6.96. The van der Waals surface area contributed by atoms with E-state index in [0.29, 0.717) is 22.7 Å². The van der Waals surface area contributed by atoms with E-state index < -0.39 is 0 Å². The molecule has 0 fully saturated rings. The lowest BCUT2D eigenvalue weighted by Crippen LogP contribution is -2.26. The predicted molar refractivity (Wildman–Crippen MR) is 82.9 cm³/mol. The van der Waals surface area contributed by atoms with Crippen LogP contribution < -0.4 is 10.1 Å². The fraction of sp³-hybridized carbons (Fsp3) is 0.176. The number of para-hydroxylation sites is 1. The van der Waals surface area contributed by atoms with Crippen LogP contribution in [-0.4, -0.2) is 18.0 Å². The van der Waals surface area contributed by atoms with Crippen LogP contribution in [-0.2, 0) is 0 Å². The van der Waals surface area contributed by atoms with Gasteiger partial charge in [0.25, 0.3) is 5.91 Å². The standard InChI is InChI=1S/C17H16N2O3/c1-11(19-17(20)12-6-8-18-9-7-12)15-10-13-4-3-5-14(21-2)16(13)22-15/h3-11H,1-2H3,(H,19,20)/t11-/m0/s1. The number of rotatable bonds is 4. The molecule has 22 heavy (non-hydrogen) atoms. The smallest absolute Gasteiger partial charge is 0.251 e. The summed E-state index contributed by atoms with van der Waals surface area (Å²) in [5, 5.41) is 3.85. The maximum absolute atomic E-state index is 12.2. The third kappa shape index (κ3) is 2.65. The first-order chi connectivity index (χ1) is 10.7. The lowest BCUT2D eigenvalue weighted by molar-refractivity contribution is 0.0935. The van der Waals surface area contributed by atoms with Gasteiger partial charge in [0.2, 0.25) is 0 Å². The lowest BCUT2D eigenvalue weighted by Gasteiger charge is -2.11. The number of ether oxygens (including phenoxy) is 1. The molecular weight excluding hydrogens is 280 g/mol. The second-order valence-electron chi connectivity index (χ2n) is 4.96. The van der Waals surface area contributed by atoms with Crippen LogP contribution in [0, 0.1) is 0 Å². The molecule has 0 saturated carbocycles. The Kier molecular flexibility index (Phi) is 3.78. The van der Waals surface area contributed by atoms with Crippen LogP contribution in [0.1, 0.15) is 29.1 Å². The van der Waals surface area contributed by atoms with Crippen LogP contribution >= 0.6 is 0 Å². The molecule has 0 radical (unpaired) electrons. The zero-order valence-corrected chi connectivity index (χ0v) is 12.4. The molecule has 0 saturated heterocycles. The molecule has 0 bridgehead atoms. The monoisotopic (exact) mass is 296 g/mol. The van der Waals surface area contributed by atoms with Gasteiger partial charge in [0.1, 0.15) is 5.76 Å². The number of nitrogens with zero attached hydrogens (tertiary/aromatic N) is 1. The fourth-order valence-electron chi connectivity index (χ4n) is 2.28. The second-order valence-corrected chi connectivity index (χ2v) is 4.96. The Labute approximate surface area is 127 Å². The van der Waals surface area contributed by atoms with Crippen molar-refractivity contribution in [1.29, 1.82) is 0 Å². The topological polar surface area (TPSA) is 64.4 Å². The van der Waals surface area contributed by atoms with E-state index >= 15 is 0 Å². The zero-order valence-electron chi connectivity index (χ0n) is 12.4. The highest BCUT2D eigenvalue weighted by atomic mass is 16.5. The Balaban J connectivity index is 1.83. The molecule has 1 N–H and O–H groups in total. The van der Waals surface area contributed by atoms with Crippen molar-refractivity contribution in [1.82, 2.24) is 10.3 Å². The number of hydrogen-bond donors (Lipinski definition) is 1. The largest absolute Gasteiger partial charge is 0.493 e. The van der Waals surface area contributed by atoms with Crippen LogP contribution in [0.3, 0.4) is 0 Å². The molecule has 0 aliphatic heterocycles. The average Bonchev–Trinajstić information content (AvgIpc) is 2.99. The third-order valence-corrected chi connectivity index (χ3v) is 3.46. The summed E-state index contributed by atoms with van der Waals surface area (Å²) < 4.78 is 11.1. The molecule has 0 aliphatic rings. The van der Waals surface area contributed by atoms with E-state index in [1.807, 2.05) is 31.2 Å². The zero-order chi connectivity index (χ0) is 15.5. The van der Waals surface area contributed by atoms with Crippen LogP contribution in [0.5, 0.6) is 5.75 Å². The van der Waals surface area contributed by atoms with E-state index in [2.05, 4.69) is 10.3 Å². The number of carbonyl (C=O) groups excluding carboxylic acids is 1. The number of aromatic nitrogens is 1. The first-order valence-electron chi connectivity index (χ1n) is 6.96. The summed E-state index contributed by atoms with van der Waals surface area (Å²) in [6.07, 6.45) is 3.18. The van der Waals surface area contributed by atoms with Crippen molar-refractivity contribution in [2.24, 2.45) is 0 Å². The molecule has 1 aromatic carbocycles. The maximum Gasteiger partial charge on any atom is 0.251 e. The van der Waals surface area contributed by atoms with Gasteiger partial charge in [-0.05, 0) is 31.2 Å². The van der Waals surface area contributed by atoms with Crippen molar-refractivity contribution in [3.05, 3.63) is 60.1 Å². The summed E-state index contributed by atoms with van der Waals surface area (Å²) in [6, 6.07) is 10.7. The summed E-state index contributed by atoms with van der Waals surface area (Å²) in [5.41, 5.74) is 1.25. The van der Waals surface area contributed by atoms with Crippen LogP contribution in [0.4, 0.5) is 0 Å². The number of amides is 1. The molecule has 3 aromatic rings. The summed E-state index contributed by atoms with van der Waals surface area (Å²) in [7, 11) is 1.60. The van der Waals surface area contributed by atoms with Crippen LogP contribution in [0.25, 0.3) is 11.0 Å². The number of nitrogens with one attached hydrogen (secondary N) is 1. The van der Waals surface area contributed by atoms with Gasteiger partial charge in [-0.1, -0.05) is 12.1 Å². The minimum absolute atomic E-state index is 0.165. The third-order valence-electron chi connectivity index (χ3n) is 3.46. The Morgan fingerprint density at radius 3 is 2.77 bits per heavy atom. The van der Waals surface area contributed by atoms with Crippen molar-refractivity contribution in [2.75, 3.05) is 7.11 Å². The predicted octanol–water partition coefficient (Wildman–Crippen LogP) is 3.33.